The van der Waals surface area contributed by atoms with E-state index in [0.29, 0.717) is 12.5 Å². The molecule has 0 aromatic carbocycles. The zero-order valence-corrected chi connectivity index (χ0v) is 9.26. The van der Waals surface area contributed by atoms with Crippen LogP contribution in [0.5, 0.6) is 0 Å². The smallest absolute Gasteiger partial charge is 0.300 e. The number of thioether (sulfide) groups is 1. The first-order valence-electron chi connectivity index (χ1n) is 4.79. The van der Waals surface area contributed by atoms with Crippen LogP contribution in [0.4, 0.5) is 13.2 Å². The van der Waals surface area contributed by atoms with Gasteiger partial charge in [0.05, 0.1) is 4.87 Å². The quantitative estimate of drug-likeness (QED) is 0.794. The maximum absolute atomic E-state index is 11.9. The second-order valence-electron chi connectivity index (χ2n) is 4.06. The van der Waals surface area contributed by atoms with Crippen LogP contribution in [0.3, 0.4) is 0 Å². The highest BCUT2D eigenvalue weighted by molar-refractivity contribution is 8.00. The predicted molar refractivity (Wildman–Crippen MR) is 53.4 cm³/mol. The molecule has 1 nitrogen and oxygen atoms in total. The molecule has 2 unspecified atom stereocenters. The molecular formula is C9H16F3NS. The molecule has 1 aliphatic heterocycles. The Morgan fingerprint density at radius 1 is 1.50 bits per heavy atom. The van der Waals surface area contributed by atoms with Gasteiger partial charge in [-0.2, -0.15) is 13.2 Å². The van der Waals surface area contributed by atoms with Crippen LogP contribution in [0.15, 0.2) is 0 Å². The Morgan fingerprint density at radius 3 is 2.57 bits per heavy atom. The lowest BCUT2D eigenvalue weighted by Gasteiger charge is -2.24. The average molecular weight is 227 g/mol. The highest BCUT2D eigenvalue weighted by Crippen LogP contribution is 2.35. The van der Waals surface area contributed by atoms with E-state index in [1.165, 1.54) is 0 Å². The average Bonchev–Trinajstić information content (AvgIpc) is 2.28. The van der Waals surface area contributed by atoms with Crippen LogP contribution in [0, 0.1) is 0 Å². The summed E-state index contributed by atoms with van der Waals surface area (Å²) in [5.74, 6) is 0.989. The number of halogens is 3. The lowest BCUT2D eigenvalue weighted by molar-refractivity contribution is -0.135. The van der Waals surface area contributed by atoms with Gasteiger partial charge >= 0.3 is 6.18 Å². The van der Waals surface area contributed by atoms with Crippen molar-refractivity contribution in [3.63, 3.8) is 0 Å². The third-order valence-corrected chi connectivity index (χ3v) is 3.94. The zero-order chi connectivity index (χ0) is 10.8. The van der Waals surface area contributed by atoms with E-state index >= 15 is 0 Å². The molecule has 1 heterocycles. The fourth-order valence-electron chi connectivity index (χ4n) is 1.68. The summed E-state index contributed by atoms with van der Waals surface area (Å²) in [6.07, 6.45) is -3.88. The molecule has 14 heavy (non-hydrogen) atoms. The van der Waals surface area contributed by atoms with Crippen molar-refractivity contribution in [2.24, 2.45) is 0 Å². The number of hydrogen-bond donors (Lipinski definition) is 1. The van der Waals surface area contributed by atoms with Gasteiger partial charge in [-0.1, -0.05) is 0 Å². The lowest BCUT2D eigenvalue weighted by Crippen LogP contribution is -2.37. The van der Waals surface area contributed by atoms with Gasteiger partial charge in [0.25, 0.3) is 0 Å². The Morgan fingerprint density at radius 2 is 2.14 bits per heavy atom. The monoisotopic (exact) mass is 227 g/mol. The van der Waals surface area contributed by atoms with Crippen molar-refractivity contribution in [1.29, 1.82) is 0 Å². The van der Waals surface area contributed by atoms with Crippen molar-refractivity contribution in [3.8, 4) is 0 Å². The summed E-state index contributed by atoms with van der Waals surface area (Å²) < 4.78 is 35.7. The Hall–Kier alpha value is 0.1000. The fourth-order valence-corrected chi connectivity index (χ4v) is 2.96. The van der Waals surface area contributed by atoms with E-state index in [2.05, 4.69) is 12.2 Å². The molecule has 0 bridgehead atoms. The van der Waals surface area contributed by atoms with Crippen molar-refractivity contribution in [1.82, 2.24) is 5.32 Å². The van der Waals surface area contributed by atoms with Crippen molar-refractivity contribution in [2.75, 3.05) is 5.75 Å². The molecule has 1 saturated heterocycles. The highest BCUT2D eigenvalue weighted by Gasteiger charge is 2.34. The fraction of sp³-hybridized carbons (Fsp3) is 1.00. The van der Waals surface area contributed by atoms with Gasteiger partial charge in [0.2, 0.25) is 0 Å². The third-order valence-electron chi connectivity index (χ3n) is 2.32. The summed E-state index contributed by atoms with van der Waals surface area (Å²) in [6, 6.07) is 0.413. The third kappa shape index (κ3) is 4.09. The van der Waals surface area contributed by atoms with Crippen LogP contribution in [-0.2, 0) is 0 Å². The first-order chi connectivity index (χ1) is 6.31. The molecule has 0 amide bonds. The Balaban J connectivity index is 2.24. The molecule has 2 atom stereocenters. The predicted octanol–water partition coefficient (Wildman–Crippen LogP) is 3.16. The van der Waals surface area contributed by atoms with E-state index in [0.717, 1.165) is 5.75 Å². The van der Waals surface area contributed by atoms with Crippen LogP contribution in [0.1, 0.15) is 33.1 Å². The van der Waals surface area contributed by atoms with Crippen LogP contribution >= 0.6 is 11.8 Å². The second-order valence-corrected chi connectivity index (χ2v) is 5.58. The molecule has 0 spiro atoms. The molecule has 0 aromatic rings. The number of hydrogen-bond acceptors (Lipinski definition) is 2. The number of rotatable bonds is 3. The van der Waals surface area contributed by atoms with Gasteiger partial charge in [-0.05, 0) is 26.7 Å². The van der Waals surface area contributed by atoms with Gasteiger partial charge in [0.1, 0.15) is 0 Å². The van der Waals surface area contributed by atoms with Gasteiger partial charge < -0.3 is 0 Å². The van der Waals surface area contributed by atoms with Crippen molar-refractivity contribution >= 4 is 11.8 Å². The minimum atomic E-state index is -4.01. The molecule has 0 aliphatic carbocycles. The molecule has 0 aromatic heterocycles. The number of nitrogens with one attached hydrogen (secondary N) is 1. The molecule has 0 radical (unpaired) electrons. The van der Waals surface area contributed by atoms with Gasteiger partial charge in [-0.3, -0.25) is 5.32 Å². The van der Waals surface area contributed by atoms with Crippen molar-refractivity contribution < 1.29 is 13.2 Å². The molecule has 1 fully saturated rings. The Kier molecular flexibility index (Phi) is 3.75. The van der Waals surface area contributed by atoms with Crippen molar-refractivity contribution in [2.45, 2.75) is 50.2 Å². The zero-order valence-electron chi connectivity index (χ0n) is 8.45. The highest BCUT2D eigenvalue weighted by atomic mass is 32.2. The minimum absolute atomic E-state index is 0.148. The molecule has 1 aliphatic rings. The summed E-state index contributed by atoms with van der Waals surface area (Å²) in [7, 11) is 0. The topological polar surface area (TPSA) is 12.0 Å². The molecule has 84 valence electrons. The standard InChI is InChI=1S/C9H16F3NS/c1-7-6-14-8(2,13-7)4-3-5-9(10,11)12/h7,13H,3-6H2,1-2H3. The van der Waals surface area contributed by atoms with Gasteiger partial charge in [0.15, 0.2) is 0 Å². The minimum Gasteiger partial charge on any atom is -0.300 e. The van der Waals surface area contributed by atoms with E-state index < -0.39 is 12.6 Å². The maximum Gasteiger partial charge on any atom is 0.389 e. The van der Waals surface area contributed by atoms with Gasteiger partial charge in [-0.25, -0.2) is 0 Å². The molecule has 5 heteroatoms. The van der Waals surface area contributed by atoms with Gasteiger partial charge in [0, 0.05) is 18.2 Å². The summed E-state index contributed by atoms with van der Waals surface area (Å²) in [5, 5.41) is 3.31. The lowest BCUT2D eigenvalue weighted by atomic mass is 10.1. The Bertz CT molecular complexity index is 195. The largest absolute Gasteiger partial charge is 0.389 e. The summed E-state index contributed by atoms with van der Waals surface area (Å²) in [6.45, 7) is 4.04. The molecule has 0 saturated carbocycles. The van der Waals surface area contributed by atoms with Crippen LogP contribution < -0.4 is 5.32 Å². The van der Waals surface area contributed by atoms with E-state index in [4.69, 9.17) is 0 Å². The SMILES string of the molecule is CC1CSC(C)(CCCC(F)(F)F)N1. The number of alkyl halides is 3. The summed E-state index contributed by atoms with van der Waals surface area (Å²) in [5.41, 5.74) is 0. The van der Waals surface area contributed by atoms with E-state index in [9.17, 15) is 13.2 Å². The van der Waals surface area contributed by atoms with Crippen molar-refractivity contribution in [3.05, 3.63) is 0 Å². The first kappa shape index (κ1) is 12.2. The van der Waals surface area contributed by atoms with Crippen LogP contribution in [-0.4, -0.2) is 22.8 Å². The maximum atomic E-state index is 11.9. The van der Waals surface area contributed by atoms with E-state index in [1.807, 2.05) is 6.92 Å². The second kappa shape index (κ2) is 4.31. The molecule has 1 N–H and O–H groups in total. The Labute approximate surface area is 86.8 Å². The normalized spacial score (nSPS) is 33.6. The molecular weight excluding hydrogens is 211 g/mol. The van der Waals surface area contributed by atoms with Crippen LogP contribution in [0.2, 0.25) is 0 Å². The summed E-state index contributed by atoms with van der Waals surface area (Å²) in [4.78, 5) is -0.148. The summed E-state index contributed by atoms with van der Waals surface area (Å²) >= 11 is 1.72. The van der Waals surface area contributed by atoms with Gasteiger partial charge in [-0.15, -0.1) is 11.8 Å². The molecule has 1 rings (SSSR count). The van der Waals surface area contributed by atoms with E-state index in [-0.39, 0.29) is 11.3 Å². The van der Waals surface area contributed by atoms with E-state index in [1.54, 1.807) is 11.8 Å². The van der Waals surface area contributed by atoms with Crippen LogP contribution in [0.25, 0.3) is 0 Å². The first-order valence-corrected chi connectivity index (χ1v) is 5.78.